The molecule has 0 bridgehead atoms. The van der Waals surface area contributed by atoms with Crippen LogP contribution in [0.15, 0.2) is 36.7 Å². The molecule has 1 aliphatic rings. The van der Waals surface area contributed by atoms with E-state index in [-0.39, 0.29) is 32.0 Å². The average Bonchev–Trinajstić information content (AvgIpc) is 3.15. The average molecular weight is 359 g/mol. The number of aliphatic hydroxyl groups excluding tert-OH is 1. The van der Waals surface area contributed by atoms with Crippen LogP contribution in [-0.2, 0) is 22.6 Å². The molecule has 1 aromatic heterocycles. The first-order chi connectivity index (χ1) is 12.4. The Bertz CT molecular complexity index is 786. The fraction of sp³-hybridized carbons (Fsp3) is 0.389. The van der Waals surface area contributed by atoms with E-state index >= 15 is 0 Å². The third-order valence-electron chi connectivity index (χ3n) is 4.22. The third kappa shape index (κ3) is 4.40. The van der Waals surface area contributed by atoms with Gasteiger partial charge in [-0.25, -0.2) is 0 Å². The van der Waals surface area contributed by atoms with E-state index in [9.17, 15) is 14.7 Å². The maximum Gasteiger partial charge on any atom is 0.307 e. The fourth-order valence-electron chi connectivity index (χ4n) is 2.90. The van der Waals surface area contributed by atoms with E-state index in [4.69, 9.17) is 9.84 Å². The van der Waals surface area contributed by atoms with E-state index < -0.39 is 18.2 Å². The summed E-state index contributed by atoms with van der Waals surface area (Å²) < 4.78 is 7.34. The van der Waals surface area contributed by atoms with Gasteiger partial charge in [-0.3, -0.25) is 14.3 Å². The maximum absolute atomic E-state index is 12.4. The second-order valence-corrected chi connectivity index (χ2v) is 6.45. The molecule has 138 valence electrons. The summed E-state index contributed by atoms with van der Waals surface area (Å²) in [6.45, 7) is 2.52. The van der Waals surface area contributed by atoms with Crippen molar-refractivity contribution in [1.29, 1.82) is 0 Å². The number of benzene rings is 1. The summed E-state index contributed by atoms with van der Waals surface area (Å²) >= 11 is 0. The Hall–Kier alpha value is -2.87. The Balaban J connectivity index is 1.56. The number of aliphatic carboxylic acids is 1. The van der Waals surface area contributed by atoms with Gasteiger partial charge >= 0.3 is 5.97 Å². The second kappa shape index (κ2) is 7.57. The molecule has 1 saturated heterocycles. The number of hydrogen-bond acceptors (Lipinski definition) is 5. The Morgan fingerprint density at radius 2 is 2.00 bits per heavy atom. The van der Waals surface area contributed by atoms with Gasteiger partial charge < -0.3 is 19.8 Å². The van der Waals surface area contributed by atoms with E-state index in [0.29, 0.717) is 11.3 Å². The van der Waals surface area contributed by atoms with E-state index in [1.807, 2.05) is 6.92 Å². The highest BCUT2D eigenvalue weighted by Gasteiger charge is 2.35. The van der Waals surface area contributed by atoms with Crippen LogP contribution < -0.4 is 4.74 Å². The SMILES string of the molecule is Cc1cnn(CC(=O)N2C[C@@H](O)[C@H](Oc3ccc(CC(=O)O)cc3)C2)c1. The van der Waals surface area contributed by atoms with Crippen LogP contribution in [0.25, 0.3) is 0 Å². The van der Waals surface area contributed by atoms with E-state index in [0.717, 1.165) is 5.56 Å². The molecular weight excluding hydrogens is 338 g/mol. The standard InChI is InChI=1S/C18H21N3O5/c1-12-7-19-21(8-12)11-17(23)20-9-15(22)16(10-20)26-14-4-2-13(3-5-14)6-18(24)25/h2-5,7-8,15-16,22H,6,9-11H2,1H3,(H,24,25)/t15-,16-/m1/s1. The topological polar surface area (TPSA) is 105 Å². The number of aromatic nitrogens is 2. The lowest BCUT2D eigenvalue weighted by atomic mass is 10.1. The quantitative estimate of drug-likeness (QED) is 0.777. The molecule has 0 unspecified atom stereocenters. The molecule has 1 aliphatic heterocycles. The normalized spacial score (nSPS) is 19.5. The van der Waals surface area contributed by atoms with E-state index in [2.05, 4.69) is 5.10 Å². The summed E-state index contributed by atoms with van der Waals surface area (Å²) in [5.41, 5.74) is 1.65. The summed E-state index contributed by atoms with van der Waals surface area (Å²) in [5.74, 6) is -0.498. The number of hydrogen-bond donors (Lipinski definition) is 2. The zero-order valence-electron chi connectivity index (χ0n) is 14.4. The van der Waals surface area contributed by atoms with Gasteiger partial charge in [-0.1, -0.05) is 12.1 Å². The number of aryl methyl sites for hydroxylation is 1. The van der Waals surface area contributed by atoms with Crippen molar-refractivity contribution < 1.29 is 24.5 Å². The molecule has 0 aliphatic carbocycles. The lowest BCUT2D eigenvalue weighted by Gasteiger charge is -2.17. The minimum Gasteiger partial charge on any atom is -0.486 e. The number of carboxylic acids is 1. The smallest absolute Gasteiger partial charge is 0.307 e. The van der Waals surface area contributed by atoms with Crippen molar-refractivity contribution in [3.8, 4) is 5.75 Å². The molecule has 2 N–H and O–H groups in total. The van der Waals surface area contributed by atoms with Crippen molar-refractivity contribution in [2.45, 2.75) is 32.1 Å². The predicted octanol–water partition coefficient (Wildman–Crippen LogP) is 0.469. The van der Waals surface area contributed by atoms with Crippen molar-refractivity contribution in [3.63, 3.8) is 0 Å². The van der Waals surface area contributed by atoms with Gasteiger partial charge in [0.05, 0.1) is 25.7 Å². The Morgan fingerprint density at radius 1 is 1.27 bits per heavy atom. The van der Waals surface area contributed by atoms with Crippen LogP contribution in [-0.4, -0.2) is 62.1 Å². The Kier molecular flexibility index (Phi) is 5.22. The van der Waals surface area contributed by atoms with Crippen LogP contribution in [0.4, 0.5) is 0 Å². The van der Waals surface area contributed by atoms with Gasteiger partial charge in [0.15, 0.2) is 0 Å². The van der Waals surface area contributed by atoms with Crippen LogP contribution in [0.5, 0.6) is 5.75 Å². The molecule has 8 heteroatoms. The molecule has 1 amide bonds. The van der Waals surface area contributed by atoms with Crippen LogP contribution in [0.1, 0.15) is 11.1 Å². The lowest BCUT2D eigenvalue weighted by molar-refractivity contribution is -0.136. The molecule has 2 atom stereocenters. The first-order valence-electron chi connectivity index (χ1n) is 8.33. The second-order valence-electron chi connectivity index (χ2n) is 6.45. The summed E-state index contributed by atoms with van der Waals surface area (Å²) in [4.78, 5) is 24.6. The monoisotopic (exact) mass is 359 g/mol. The van der Waals surface area contributed by atoms with Crippen molar-refractivity contribution in [2.24, 2.45) is 0 Å². The molecule has 1 aromatic carbocycles. The highest BCUT2D eigenvalue weighted by molar-refractivity contribution is 5.76. The molecule has 0 saturated carbocycles. The van der Waals surface area contributed by atoms with Gasteiger partial charge in [0, 0.05) is 6.20 Å². The van der Waals surface area contributed by atoms with Crippen molar-refractivity contribution in [3.05, 3.63) is 47.8 Å². The molecular formula is C18H21N3O5. The van der Waals surface area contributed by atoms with Gasteiger partial charge in [-0.2, -0.15) is 5.10 Å². The van der Waals surface area contributed by atoms with Crippen molar-refractivity contribution in [2.75, 3.05) is 13.1 Å². The minimum absolute atomic E-state index is 0.0541. The number of ether oxygens (including phenoxy) is 1. The predicted molar refractivity (Wildman–Crippen MR) is 91.7 cm³/mol. The Labute approximate surface area is 150 Å². The first-order valence-corrected chi connectivity index (χ1v) is 8.33. The number of carbonyl (C=O) groups excluding carboxylic acids is 1. The third-order valence-corrected chi connectivity index (χ3v) is 4.22. The van der Waals surface area contributed by atoms with Crippen molar-refractivity contribution >= 4 is 11.9 Å². The number of rotatable bonds is 6. The number of carbonyl (C=O) groups is 2. The molecule has 1 fully saturated rings. The van der Waals surface area contributed by atoms with E-state index in [1.165, 1.54) is 0 Å². The van der Waals surface area contributed by atoms with Crippen LogP contribution in [0.3, 0.4) is 0 Å². The van der Waals surface area contributed by atoms with Gasteiger partial charge in [0.2, 0.25) is 5.91 Å². The number of carboxylic acid groups (broad SMARTS) is 1. The number of β-amino-alcohol motifs (C(OH)–C–C–N with tert-alkyl or cyclic N) is 1. The Morgan fingerprint density at radius 3 is 2.62 bits per heavy atom. The molecule has 0 spiro atoms. The number of amides is 1. The fourth-order valence-corrected chi connectivity index (χ4v) is 2.90. The minimum atomic E-state index is -0.897. The maximum atomic E-state index is 12.4. The van der Waals surface area contributed by atoms with Gasteiger partial charge in [-0.15, -0.1) is 0 Å². The number of aliphatic hydroxyl groups is 1. The lowest BCUT2D eigenvalue weighted by Crippen LogP contribution is -2.33. The summed E-state index contributed by atoms with van der Waals surface area (Å²) in [5, 5.41) is 23.1. The number of nitrogens with zero attached hydrogens (tertiary/aromatic N) is 3. The van der Waals surface area contributed by atoms with Crippen LogP contribution in [0.2, 0.25) is 0 Å². The molecule has 26 heavy (non-hydrogen) atoms. The highest BCUT2D eigenvalue weighted by atomic mass is 16.5. The summed E-state index contributed by atoms with van der Waals surface area (Å²) in [7, 11) is 0. The zero-order chi connectivity index (χ0) is 18.7. The number of likely N-dealkylation sites (tertiary alicyclic amines) is 1. The van der Waals surface area contributed by atoms with Crippen LogP contribution in [0, 0.1) is 6.92 Å². The van der Waals surface area contributed by atoms with Gasteiger partial charge in [-0.05, 0) is 30.2 Å². The highest BCUT2D eigenvalue weighted by Crippen LogP contribution is 2.20. The largest absolute Gasteiger partial charge is 0.486 e. The van der Waals surface area contributed by atoms with Gasteiger partial charge in [0.25, 0.3) is 0 Å². The first kappa shape index (κ1) is 17.9. The van der Waals surface area contributed by atoms with Gasteiger partial charge in [0.1, 0.15) is 24.5 Å². The zero-order valence-corrected chi connectivity index (χ0v) is 14.4. The van der Waals surface area contributed by atoms with Crippen molar-refractivity contribution in [1.82, 2.24) is 14.7 Å². The van der Waals surface area contributed by atoms with Crippen LogP contribution >= 0.6 is 0 Å². The van der Waals surface area contributed by atoms with E-state index in [1.54, 1.807) is 46.2 Å². The summed E-state index contributed by atoms with van der Waals surface area (Å²) in [6.07, 6.45) is 2.12. The summed E-state index contributed by atoms with van der Waals surface area (Å²) in [6, 6.07) is 6.69. The molecule has 8 nitrogen and oxygen atoms in total. The molecule has 2 heterocycles. The molecule has 0 radical (unpaired) electrons. The molecule has 3 rings (SSSR count). The molecule has 2 aromatic rings.